The van der Waals surface area contributed by atoms with Gasteiger partial charge in [-0.3, -0.25) is 0 Å². The molecule has 0 aromatic heterocycles. The van der Waals surface area contributed by atoms with Crippen LogP contribution in [0.15, 0.2) is 30.3 Å². The van der Waals surface area contributed by atoms with E-state index >= 15 is 0 Å². The summed E-state index contributed by atoms with van der Waals surface area (Å²) in [7, 11) is 2.15. The predicted molar refractivity (Wildman–Crippen MR) is 84.9 cm³/mol. The zero-order chi connectivity index (χ0) is 13.8. The van der Waals surface area contributed by atoms with Gasteiger partial charge in [0.15, 0.2) is 0 Å². The van der Waals surface area contributed by atoms with Crippen LogP contribution in [-0.2, 0) is 0 Å². The summed E-state index contributed by atoms with van der Waals surface area (Å²) in [4.78, 5) is 2.33. The predicted octanol–water partition coefficient (Wildman–Crippen LogP) is 2.89. The molecule has 0 bridgehead atoms. The highest BCUT2D eigenvalue weighted by atomic mass is 27.2. The number of piperazine rings is 1. The Hall–Kier alpha value is -0.328. The molecule has 0 atom stereocenters. The van der Waals surface area contributed by atoms with Gasteiger partial charge in [0.25, 0.3) is 14.1 Å². The molecule has 1 saturated heterocycles. The Balaban J connectivity index is 0.000000253. The average molecular weight is 264 g/mol. The average Bonchev–Trinajstić information content (AvgIpc) is 2.31. The molecule has 0 unspecified atom stereocenters. The van der Waals surface area contributed by atoms with Crippen molar-refractivity contribution in [2.24, 2.45) is 0 Å². The first-order chi connectivity index (χ1) is 8.52. The number of rotatable bonds is 0. The quantitative estimate of drug-likeness (QED) is 0.725. The normalized spacial score (nSPS) is 14.7. The van der Waals surface area contributed by atoms with E-state index in [1.807, 2.05) is 18.2 Å². The van der Waals surface area contributed by atoms with Crippen LogP contribution >= 0.6 is 0 Å². The lowest BCUT2D eigenvalue weighted by atomic mass is 10.2. The van der Waals surface area contributed by atoms with Gasteiger partial charge < -0.3 is 10.2 Å². The van der Waals surface area contributed by atoms with Gasteiger partial charge in [0.1, 0.15) is 0 Å². The van der Waals surface area contributed by atoms with E-state index in [9.17, 15) is 0 Å². The lowest BCUT2D eigenvalue weighted by Crippen LogP contribution is -2.40. The van der Waals surface area contributed by atoms with E-state index < -0.39 is 0 Å². The van der Waals surface area contributed by atoms with E-state index in [2.05, 4.69) is 53.7 Å². The second kappa shape index (κ2) is 11.7. The first kappa shape index (κ1) is 17.7. The van der Waals surface area contributed by atoms with Crippen LogP contribution in [0.1, 0.15) is 5.56 Å². The Morgan fingerprint density at radius 1 is 1.00 bits per heavy atom. The standard InChI is InChI=1S/C7H8.C5H12N2.3CH3.Al/c1-7-5-3-2-4-6-7;1-7-4-2-6-3-5-7;;;;/h2-6H,1H3;6H,2-5H2,1H3;3*1H3;. The molecule has 2 rings (SSSR count). The minimum Gasteiger partial charge on any atom is -0.314 e. The zero-order valence-corrected chi connectivity index (χ0v) is 13.9. The van der Waals surface area contributed by atoms with Gasteiger partial charge in [0.05, 0.1) is 0 Å². The molecule has 1 aromatic rings. The van der Waals surface area contributed by atoms with E-state index in [1.54, 1.807) is 0 Å². The molecule has 1 aliphatic heterocycles. The number of hydrogen-bond donors (Lipinski definition) is 1. The van der Waals surface area contributed by atoms with Gasteiger partial charge in [-0.25, -0.2) is 0 Å². The van der Waals surface area contributed by atoms with Crippen molar-refractivity contribution in [1.29, 1.82) is 0 Å². The molecule has 1 heterocycles. The molecule has 0 spiro atoms. The van der Waals surface area contributed by atoms with Crippen LogP contribution in [0.2, 0.25) is 17.4 Å². The number of hydrogen-bond acceptors (Lipinski definition) is 2. The maximum absolute atomic E-state index is 3.27. The number of aryl methyl sites for hydroxylation is 1. The smallest absolute Gasteiger partial charge is 0.251 e. The molecule has 0 amide bonds. The monoisotopic (exact) mass is 264 g/mol. The van der Waals surface area contributed by atoms with Crippen LogP contribution in [0.3, 0.4) is 0 Å². The van der Waals surface area contributed by atoms with Crippen molar-refractivity contribution in [1.82, 2.24) is 10.2 Å². The molecule has 3 heteroatoms. The summed E-state index contributed by atoms with van der Waals surface area (Å²) >= 11 is -0.139. The molecule has 1 N–H and O–H groups in total. The Labute approximate surface area is 118 Å². The van der Waals surface area contributed by atoms with Crippen molar-refractivity contribution in [2.75, 3.05) is 33.2 Å². The van der Waals surface area contributed by atoms with Gasteiger partial charge in [-0.05, 0) is 14.0 Å². The highest BCUT2D eigenvalue weighted by molar-refractivity contribution is 6.54. The molecule has 18 heavy (non-hydrogen) atoms. The van der Waals surface area contributed by atoms with Gasteiger partial charge in [-0.2, -0.15) is 0 Å². The van der Waals surface area contributed by atoms with Crippen molar-refractivity contribution in [3.8, 4) is 0 Å². The van der Waals surface area contributed by atoms with Crippen molar-refractivity contribution < 1.29 is 0 Å². The third-order valence-corrected chi connectivity index (χ3v) is 2.28. The Morgan fingerprint density at radius 2 is 1.44 bits per heavy atom. The largest absolute Gasteiger partial charge is 0.314 e. The third-order valence-electron chi connectivity index (χ3n) is 2.28. The van der Waals surface area contributed by atoms with Gasteiger partial charge in [-0.1, -0.05) is 35.9 Å². The Bertz CT molecular complexity index is 266. The molecule has 1 aromatic carbocycles. The molecule has 102 valence electrons. The van der Waals surface area contributed by atoms with Gasteiger partial charge in [0, 0.05) is 26.2 Å². The molecule has 2 nitrogen and oxygen atoms in total. The fraction of sp³-hybridized carbons (Fsp3) is 0.600. The Morgan fingerprint density at radius 3 is 1.67 bits per heavy atom. The zero-order valence-electron chi connectivity index (χ0n) is 12.7. The first-order valence-corrected chi connectivity index (χ1v) is 10.4. The van der Waals surface area contributed by atoms with E-state index in [-0.39, 0.29) is 14.1 Å². The van der Waals surface area contributed by atoms with Crippen molar-refractivity contribution in [3.05, 3.63) is 35.9 Å². The molecule has 1 aliphatic rings. The van der Waals surface area contributed by atoms with Crippen LogP contribution in [0, 0.1) is 6.92 Å². The van der Waals surface area contributed by atoms with E-state index in [1.165, 1.54) is 18.7 Å². The van der Waals surface area contributed by atoms with Crippen LogP contribution in [0.5, 0.6) is 0 Å². The summed E-state index contributed by atoms with van der Waals surface area (Å²) in [5.41, 5.74) is 1.32. The van der Waals surface area contributed by atoms with Gasteiger partial charge in [0.2, 0.25) is 0 Å². The molecule has 0 aliphatic carbocycles. The highest BCUT2D eigenvalue weighted by Crippen LogP contribution is 1.92. The van der Waals surface area contributed by atoms with E-state index in [4.69, 9.17) is 0 Å². The van der Waals surface area contributed by atoms with E-state index in [0.717, 1.165) is 13.1 Å². The highest BCUT2D eigenvalue weighted by Gasteiger charge is 2.01. The summed E-state index contributed by atoms with van der Waals surface area (Å²) in [6.07, 6.45) is 0. The minimum absolute atomic E-state index is 0.139. The van der Waals surface area contributed by atoms with Crippen LogP contribution < -0.4 is 5.32 Å². The fourth-order valence-electron chi connectivity index (χ4n) is 1.31. The molecule has 1 fully saturated rings. The number of nitrogens with one attached hydrogen (secondary N) is 1. The second-order valence-electron chi connectivity index (χ2n) is 5.44. The summed E-state index contributed by atoms with van der Waals surface area (Å²) in [5.74, 6) is 6.92. The summed E-state index contributed by atoms with van der Waals surface area (Å²) in [5, 5.41) is 3.27. The minimum atomic E-state index is -0.139. The summed E-state index contributed by atoms with van der Waals surface area (Å²) in [6.45, 7) is 6.83. The van der Waals surface area contributed by atoms with Crippen LogP contribution in [0.4, 0.5) is 0 Å². The van der Waals surface area contributed by atoms with Crippen molar-refractivity contribution in [2.45, 2.75) is 24.3 Å². The van der Waals surface area contributed by atoms with Crippen molar-refractivity contribution in [3.63, 3.8) is 0 Å². The maximum Gasteiger partial charge on any atom is 0.251 e. The topological polar surface area (TPSA) is 15.3 Å². The Kier molecular flexibility index (Phi) is 11.5. The second-order valence-corrected chi connectivity index (χ2v) is 8.90. The number of nitrogens with zero attached hydrogens (tertiary/aromatic N) is 1. The van der Waals surface area contributed by atoms with Gasteiger partial charge >= 0.3 is 0 Å². The van der Waals surface area contributed by atoms with E-state index in [0.29, 0.717) is 0 Å². The fourth-order valence-corrected chi connectivity index (χ4v) is 1.31. The molecular formula is C15H29AlN2. The van der Waals surface area contributed by atoms with Crippen LogP contribution in [-0.4, -0.2) is 52.3 Å². The SMILES string of the molecule is CN1CCNCC1.Cc1ccccc1.[CH3][Al]([CH3])[CH3]. The maximum atomic E-state index is 3.27. The molecule has 0 radical (unpaired) electrons. The molecule has 0 saturated carbocycles. The van der Waals surface area contributed by atoms with Crippen molar-refractivity contribution >= 4 is 14.1 Å². The first-order valence-electron chi connectivity index (χ1n) is 6.93. The number of benzene rings is 1. The number of likely N-dealkylation sites (N-methyl/N-ethyl adjacent to an activating group) is 1. The third kappa shape index (κ3) is 13.7. The summed E-state index contributed by atoms with van der Waals surface area (Å²) in [6, 6.07) is 10.3. The summed E-state index contributed by atoms with van der Waals surface area (Å²) < 4.78 is 0. The molecular weight excluding hydrogens is 235 g/mol. The van der Waals surface area contributed by atoms with Crippen LogP contribution in [0.25, 0.3) is 0 Å². The van der Waals surface area contributed by atoms with Gasteiger partial charge in [-0.15, -0.1) is 17.4 Å². The lowest BCUT2D eigenvalue weighted by molar-refractivity contribution is 0.291. The lowest BCUT2D eigenvalue weighted by Gasteiger charge is -2.21.